The van der Waals surface area contributed by atoms with Crippen molar-refractivity contribution in [1.82, 2.24) is 34.9 Å². The molecular weight excluding hydrogens is 306 g/mol. The van der Waals surface area contributed by atoms with Crippen molar-refractivity contribution in [3.05, 3.63) is 54.1 Å². The van der Waals surface area contributed by atoms with E-state index in [9.17, 15) is 4.79 Å². The van der Waals surface area contributed by atoms with Crippen LogP contribution in [0.4, 0.5) is 0 Å². The second-order valence-electron chi connectivity index (χ2n) is 5.32. The van der Waals surface area contributed by atoms with E-state index in [-0.39, 0.29) is 5.91 Å². The summed E-state index contributed by atoms with van der Waals surface area (Å²) >= 11 is 0. The number of benzene rings is 1. The van der Waals surface area contributed by atoms with E-state index in [1.165, 1.54) is 6.33 Å². The van der Waals surface area contributed by atoms with Crippen molar-refractivity contribution >= 4 is 5.91 Å². The van der Waals surface area contributed by atoms with Gasteiger partial charge in [-0.2, -0.15) is 5.10 Å². The molecule has 0 aliphatic heterocycles. The van der Waals surface area contributed by atoms with E-state index in [0.717, 1.165) is 17.8 Å². The molecule has 0 fully saturated rings. The van der Waals surface area contributed by atoms with Gasteiger partial charge in [-0.05, 0) is 48.5 Å². The van der Waals surface area contributed by atoms with Gasteiger partial charge in [-0.25, -0.2) is 4.68 Å². The molecule has 1 amide bonds. The maximum Gasteiger partial charge on any atom is 0.254 e. The molecule has 0 saturated heterocycles. The lowest BCUT2D eigenvalue weighted by Crippen LogP contribution is -2.30. The molecule has 0 aliphatic carbocycles. The van der Waals surface area contributed by atoms with Crippen molar-refractivity contribution in [1.29, 1.82) is 0 Å². The summed E-state index contributed by atoms with van der Waals surface area (Å²) in [5.41, 5.74) is 2.47. The minimum Gasteiger partial charge on any atom is -0.334 e. The number of aromatic nitrogens is 6. The first-order chi connectivity index (χ1) is 11.7. The van der Waals surface area contributed by atoms with Crippen LogP contribution in [0, 0.1) is 0 Å². The molecule has 0 unspecified atom stereocenters. The summed E-state index contributed by atoms with van der Waals surface area (Å²) in [5.74, 6) is -0.00925. The fourth-order valence-corrected chi connectivity index (χ4v) is 2.43. The third-order valence-corrected chi connectivity index (χ3v) is 3.78. The second kappa shape index (κ2) is 7.03. The Morgan fingerprint density at radius 2 is 2.00 bits per heavy atom. The van der Waals surface area contributed by atoms with Crippen LogP contribution in [0.2, 0.25) is 0 Å². The average molecular weight is 325 g/mol. The summed E-state index contributed by atoms with van der Waals surface area (Å²) in [5, 5.41) is 15.3. The van der Waals surface area contributed by atoms with E-state index in [0.29, 0.717) is 18.7 Å². The van der Waals surface area contributed by atoms with E-state index in [1.54, 1.807) is 27.9 Å². The zero-order chi connectivity index (χ0) is 16.9. The van der Waals surface area contributed by atoms with E-state index >= 15 is 0 Å². The number of nitrogens with zero attached hydrogens (tertiary/aromatic N) is 7. The lowest BCUT2D eigenvalue weighted by Gasteiger charge is -2.20. The van der Waals surface area contributed by atoms with Crippen LogP contribution in [0.15, 0.2) is 43.0 Å². The van der Waals surface area contributed by atoms with Gasteiger partial charge in [0.15, 0.2) is 0 Å². The van der Waals surface area contributed by atoms with Crippen LogP contribution in [0.5, 0.6) is 0 Å². The minimum atomic E-state index is -0.00925. The molecule has 124 valence electrons. The van der Waals surface area contributed by atoms with E-state index < -0.39 is 0 Å². The number of hydrogen-bond acceptors (Lipinski definition) is 5. The van der Waals surface area contributed by atoms with Crippen LogP contribution in [-0.4, -0.2) is 47.3 Å². The van der Waals surface area contributed by atoms with Crippen LogP contribution in [0.3, 0.4) is 0 Å². The number of tetrazole rings is 1. The van der Waals surface area contributed by atoms with Gasteiger partial charge in [0.05, 0.1) is 11.9 Å². The molecule has 0 radical (unpaired) electrons. The van der Waals surface area contributed by atoms with E-state index in [1.807, 2.05) is 36.9 Å². The highest BCUT2D eigenvalue weighted by atomic mass is 16.2. The van der Waals surface area contributed by atoms with Crippen LogP contribution >= 0.6 is 0 Å². The third kappa shape index (κ3) is 3.32. The molecule has 0 aliphatic rings. The molecular formula is C16H19N7O. The molecule has 1 aromatic carbocycles. The predicted octanol–water partition coefficient (Wildman–Crippen LogP) is 1.54. The number of carbonyl (C=O) groups excluding carboxylic acids is 1. The summed E-state index contributed by atoms with van der Waals surface area (Å²) < 4.78 is 3.40. The van der Waals surface area contributed by atoms with Gasteiger partial charge < -0.3 is 4.90 Å². The summed E-state index contributed by atoms with van der Waals surface area (Å²) in [7, 11) is 0. The maximum atomic E-state index is 12.7. The topological polar surface area (TPSA) is 81.7 Å². The molecule has 0 spiro atoms. The monoisotopic (exact) mass is 325 g/mol. The highest BCUT2D eigenvalue weighted by molar-refractivity contribution is 5.94. The molecule has 3 rings (SSSR count). The third-order valence-electron chi connectivity index (χ3n) is 3.78. The number of amides is 1. The van der Waals surface area contributed by atoms with Crippen molar-refractivity contribution in [2.24, 2.45) is 0 Å². The second-order valence-corrected chi connectivity index (χ2v) is 5.32. The Hall–Kier alpha value is -3.03. The summed E-state index contributed by atoms with van der Waals surface area (Å²) in [6.45, 7) is 6.00. The molecule has 0 N–H and O–H groups in total. The van der Waals surface area contributed by atoms with Crippen molar-refractivity contribution in [2.75, 3.05) is 6.54 Å². The lowest BCUT2D eigenvalue weighted by molar-refractivity contribution is 0.0752. The van der Waals surface area contributed by atoms with Gasteiger partial charge in [-0.1, -0.05) is 0 Å². The Morgan fingerprint density at radius 3 is 2.58 bits per heavy atom. The van der Waals surface area contributed by atoms with Gasteiger partial charge >= 0.3 is 0 Å². The maximum absolute atomic E-state index is 12.7. The van der Waals surface area contributed by atoms with Gasteiger partial charge in [0, 0.05) is 37.0 Å². The fourth-order valence-electron chi connectivity index (χ4n) is 2.43. The lowest BCUT2D eigenvalue weighted by atomic mass is 10.1. The standard InChI is InChI=1S/C16H19N7O/c1-3-21(10-13-9-18-22(4-2)11-13)16(24)14-5-7-15(8-6-14)23-12-17-19-20-23/h5-9,11-12H,3-4,10H2,1-2H3. The smallest absolute Gasteiger partial charge is 0.254 e. The van der Waals surface area contributed by atoms with Gasteiger partial charge in [0.1, 0.15) is 6.33 Å². The van der Waals surface area contributed by atoms with Crippen molar-refractivity contribution in [3.8, 4) is 5.69 Å². The summed E-state index contributed by atoms with van der Waals surface area (Å²) in [6, 6.07) is 7.23. The van der Waals surface area contributed by atoms with Crippen LogP contribution in [-0.2, 0) is 13.1 Å². The normalized spacial score (nSPS) is 10.8. The van der Waals surface area contributed by atoms with E-state index in [4.69, 9.17) is 0 Å². The Bertz CT molecular complexity index is 792. The Morgan fingerprint density at radius 1 is 1.21 bits per heavy atom. The van der Waals surface area contributed by atoms with Gasteiger partial charge in [0.2, 0.25) is 0 Å². The number of aryl methyl sites for hydroxylation is 1. The van der Waals surface area contributed by atoms with Gasteiger partial charge in [-0.15, -0.1) is 5.10 Å². The zero-order valence-electron chi connectivity index (χ0n) is 13.7. The Labute approximate surface area is 139 Å². The van der Waals surface area contributed by atoms with Crippen LogP contribution < -0.4 is 0 Å². The number of hydrogen-bond donors (Lipinski definition) is 0. The Kier molecular flexibility index (Phi) is 4.64. The molecule has 2 aromatic heterocycles. The highest BCUT2D eigenvalue weighted by Crippen LogP contribution is 2.12. The quantitative estimate of drug-likeness (QED) is 0.686. The molecule has 0 atom stereocenters. The summed E-state index contributed by atoms with van der Waals surface area (Å²) in [4.78, 5) is 14.5. The highest BCUT2D eigenvalue weighted by Gasteiger charge is 2.15. The first-order valence-electron chi connectivity index (χ1n) is 7.85. The predicted molar refractivity (Wildman–Crippen MR) is 87.5 cm³/mol. The number of carbonyl (C=O) groups is 1. The molecule has 0 bridgehead atoms. The SMILES string of the molecule is CCN(Cc1cnn(CC)c1)C(=O)c1ccc(-n2cnnn2)cc1. The number of rotatable bonds is 6. The largest absolute Gasteiger partial charge is 0.334 e. The van der Waals surface area contributed by atoms with Gasteiger partial charge in [-0.3, -0.25) is 9.48 Å². The molecule has 2 heterocycles. The minimum absolute atomic E-state index is 0.00925. The summed E-state index contributed by atoms with van der Waals surface area (Å²) in [6.07, 6.45) is 5.29. The first-order valence-corrected chi connectivity index (χ1v) is 7.85. The Balaban J connectivity index is 1.73. The molecule has 8 heteroatoms. The van der Waals surface area contributed by atoms with Crippen molar-refractivity contribution < 1.29 is 4.79 Å². The van der Waals surface area contributed by atoms with Crippen molar-refractivity contribution in [2.45, 2.75) is 26.9 Å². The van der Waals surface area contributed by atoms with Crippen molar-refractivity contribution in [3.63, 3.8) is 0 Å². The van der Waals surface area contributed by atoms with Crippen LogP contribution in [0.25, 0.3) is 5.69 Å². The molecule has 0 saturated carbocycles. The molecule has 8 nitrogen and oxygen atoms in total. The fraction of sp³-hybridized carbons (Fsp3) is 0.312. The van der Waals surface area contributed by atoms with E-state index in [2.05, 4.69) is 20.6 Å². The van der Waals surface area contributed by atoms with Gasteiger partial charge in [0.25, 0.3) is 5.91 Å². The average Bonchev–Trinajstić information content (AvgIpc) is 3.31. The zero-order valence-corrected chi connectivity index (χ0v) is 13.7. The first kappa shape index (κ1) is 15.9. The molecule has 3 aromatic rings. The van der Waals surface area contributed by atoms with Crippen LogP contribution in [0.1, 0.15) is 29.8 Å². The molecule has 24 heavy (non-hydrogen) atoms.